The van der Waals surface area contributed by atoms with Gasteiger partial charge in [0.05, 0.1) is 28.0 Å². The molecule has 100 valence electrons. The van der Waals surface area contributed by atoms with E-state index in [0.29, 0.717) is 28.0 Å². The van der Waals surface area contributed by atoms with Crippen LogP contribution in [0, 0.1) is 0 Å². The lowest BCUT2D eigenvalue weighted by Gasteiger charge is -2.21. The van der Waals surface area contributed by atoms with Crippen LogP contribution in [0.5, 0.6) is 0 Å². The fourth-order valence-electron chi connectivity index (χ4n) is 1.50. The van der Waals surface area contributed by atoms with E-state index < -0.39 is 0 Å². The lowest BCUT2D eigenvalue weighted by atomic mass is 10.2. The molecule has 0 aliphatic carbocycles. The van der Waals surface area contributed by atoms with Crippen molar-refractivity contribution in [2.24, 2.45) is 0 Å². The monoisotopic (exact) mass is 289 g/mol. The Kier molecular flexibility index (Phi) is 5.56. The van der Waals surface area contributed by atoms with E-state index in [1.807, 2.05) is 6.92 Å². The molecule has 0 heterocycles. The average molecular weight is 290 g/mol. The van der Waals surface area contributed by atoms with Crippen LogP contribution >= 0.6 is 23.2 Å². The summed E-state index contributed by atoms with van der Waals surface area (Å²) in [7, 11) is 1.78. The summed E-state index contributed by atoms with van der Waals surface area (Å²) >= 11 is 11.8. The highest BCUT2D eigenvalue weighted by atomic mass is 35.5. The molecule has 1 aromatic rings. The van der Waals surface area contributed by atoms with Gasteiger partial charge in [-0.05, 0) is 18.6 Å². The second-order valence-electron chi connectivity index (χ2n) is 4.03. The topological polar surface area (TPSA) is 58.4 Å². The maximum absolute atomic E-state index is 11.6. The number of likely N-dealkylation sites (N-methyl/N-ethyl adjacent to an activating group) is 1. The molecule has 0 bridgehead atoms. The third-order valence-electron chi connectivity index (χ3n) is 2.43. The zero-order valence-electron chi connectivity index (χ0n) is 10.5. The first-order chi connectivity index (χ1) is 8.45. The maximum Gasteiger partial charge on any atom is 0.239 e. The van der Waals surface area contributed by atoms with Crippen molar-refractivity contribution in [3.8, 4) is 0 Å². The van der Waals surface area contributed by atoms with E-state index in [-0.39, 0.29) is 12.5 Å². The molecule has 1 aromatic carbocycles. The number of nitrogens with two attached hydrogens (primary N) is 1. The second kappa shape index (κ2) is 6.71. The molecule has 6 heteroatoms. The molecule has 0 saturated heterocycles. The largest absolute Gasteiger partial charge is 0.397 e. The summed E-state index contributed by atoms with van der Waals surface area (Å²) in [6, 6.07) is 3.24. The van der Waals surface area contributed by atoms with Gasteiger partial charge in [-0.15, -0.1) is 0 Å². The third kappa shape index (κ3) is 3.96. The van der Waals surface area contributed by atoms with Crippen LogP contribution in [0.1, 0.15) is 13.3 Å². The van der Waals surface area contributed by atoms with E-state index in [1.54, 1.807) is 24.1 Å². The smallest absolute Gasteiger partial charge is 0.239 e. The highest BCUT2D eigenvalue weighted by molar-refractivity contribution is 6.42. The van der Waals surface area contributed by atoms with Crippen LogP contribution < -0.4 is 16.0 Å². The Labute approximate surface area is 117 Å². The molecule has 0 saturated carbocycles. The van der Waals surface area contributed by atoms with E-state index in [4.69, 9.17) is 28.9 Å². The molecular formula is C12H17Cl2N3O. The number of hydrogen-bond donors (Lipinski definition) is 2. The van der Waals surface area contributed by atoms with Crippen molar-refractivity contribution < 1.29 is 4.79 Å². The lowest BCUT2D eigenvalue weighted by Crippen LogP contribution is -2.35. The summed E-state index contributed by atoms with van der Waals surface area (Å²) in [4.78, 5) is 13.3. The van der Waals surface area contributed by atoms with Crippen LogP contribution in [-0.2, 0) is 4.79 Å². The van der Waals surface area contributed by atoms with Gasteiger partial charge in [-0.2, -0.15) is 0 Å². The SMILES string of the molecule is CCCNC(=O)CN(C)c1cc(Cl)c(Cl)cc1N. The number of benzene rings is 1. The minimum absolute atomic E-state index is 0.0511. The first kappa shape index (κ1) is 14.9. The van der Waals surface area contributed by atoms with E-state index in [9.17, 15) is 4.79 Å². The predicted octanol–water partition coefficient (Wildman–Crippen LogP) is 2.54. The molecular weight excluding hydrogens is 273 g/mol. The van der Waals surface area contributed by atoms with Crippen molar-refractivity contribution in [1.29, 1.82) is 0 Å². The number of anilines is 2. The number of carbonyl (C=O) groups is 1. The average Bonchev–Trinajstić information content (AvgIpc) is 2.31. The van der Waals surface area contributed by atoms with Gasteiger partial charge in [0, 0.05) is 13.6 Å². The Morgan fingerprint density at radius 1 is 1.39 bits per heavy atom. The van der Waals surface area contributed by atoms with Gasteiger partial charge in [-0.25, -0.2) is 0 Å². The molecule has 1 rings (SSSR count). The molecule has 0 unspecified atom stereocenters. The van der Waals surface area contributed by atoms with Crippen LogP contribution in [0.4, 0.5) is 11.4 Å². The zero-order chi connectivity index (χ0) is 13.7. The highest BCUT2D eigenvalue weighted by Crippen LogP contribution is 2.32. The molecule has 0 spiro atoms. The van der Waals surface area contributed by atoms with Crippen LogP contribution in [-0.4, -0.2) is 26.0 Å². The van der Waals surface area contributed by atoms with Gasteiger partial charge in [0.25, 0.3) is 0 Å². The minimum atomic E-state index is -0.0511. The number of nitrogens with one attached hydrogen (secondary N) is 1. The van der Waals surface area contributed by atoms with Gasteiger partial charge in [0.15, 0.2) is 0 Å². The first-order valence-corrected chi connectivity index (χ1v) is 6.43. The predicted molar refractivity (Wildman–Crippen MR) is 77.4 cm³/mol. The number of amides is 1. The van der Waals surface area contributed by atoms with Crippen molar-refractivity contribution in [3.63, 3.8) is 0 Å². The number of carbonyl (C=O) groups excluding carboxylic acids is 1. The standard InChI is InChI=1S/C12H17Cl2N3O/c1-3-4-16-12(18)7-17(2)11-6-9(14)8(13)5-10(11)15/h5-6H,3-4,7,15H2,1-2H3,(H,16,18). The second-order valence-corrected chi connectivity index (χ2v) is 4.85. The first-order valence-electron chi connectivity index (χ1n) is 5.68. The number of hydrogen-bond acceptors (Lipinski definition) is 3. The summed E-state index contributed by atoms with van der Waals surface area (Å²) < 4.78 is 0. The number of halogens is 2. The van der Waals surface area contributed by atoms with Crippen molar-refractivity contribution in [2.75, 3.05) is 30.8 Å². The van der Waals surface area contributed by atoms with Crippen molar-refractivity contribution in [1.82, 2.24) is 5.32 Å². The minimum Gasteiger partial charge on any atom is -0.397 e. The Morgan fingerprint density at radius 3 is 2.61 bits per heavy atom. The van der Waals surface area contributed by atoms with Gasteiger partial charge in [-0.1, -0.05) is 30.1 Å². The third-order valence-corrected chi connectivity index (χ3v) is 3.16. The molecule has 1 amide bonds. The van der Waals surface area contributed by atoms with E-state index in [0.717, 1.165) is 6.42 Å². The Morgan fingerprint density at radius 2 is 2.00 bits per heavy atom. The Bertz CT molecular complexity index is 438. The van der Waals surface area contributed by atoms with Crippen molar-refractivity contribution in [2.45, 2.75) is 13.3 Å². The summed E-state index contributed by atoms with van der Waals surface area (Å²) in [5, 5.41) is 3.62. The van der Waals surface area contributed by atoms with Crippen LogP contribution in [0.25, 0.3) is 0 Å². The molecule has 0 aromatic heterocycles. The Balaban J connectivity index is 2.75. The molecule has 0 aliphatic heterocycles. The number of rotatable bonds is 5. The summed E-state index contributed by atoms with van der Waals surface area (Å²) in [6.45, 7) is 2.90. The molecule has 4 nitrogen and oxygen atoms in total. The molecule has 0 radical (unpaired) electrons. The molecule has 0 fully saturated rings. The summed E-state index contributed by atoms with van der Waals surface area (Å²) in [5.74, 6) is -0.0511. The molecule has 18 heavy (non-hydrogen) atoms. The van der Waals surface area contributed by atoms with E-state index in [2.05, 4.69) is 5.32 Å². The van der Waals surface area contributed by atoms with Crippen LogP contribution in [0.2, 0.25) is 10.0 Å². The summed E-state index contributed by atoms with van der Waals surface area (Å²) in [5.41, 5.74) is 7.04. The normalized spacial score (nSPS) is 10.2. The van der Waals surface area contributed by atoms with Crippen LogP contribution in [0.15, 0.2) is 12.1 Å². The zero-order valence-corrected chi connectivity index (χ0v) is 12.0. The lowest BCUT2D eigenvalue weighted by molar-refractivity contribution is -0.119. The van der Waals surface area contributed by atoms with Gasteiger partial charge in [0.2, 0.25) is 5.91 Å². The molecule has 0 atom stereocenters. The maximum atomic E-state index is 11.6. The van der Waals surface area contributed by atoms with Gasteiger partial charge in [0.1, 0.15) is 0 Å². The molecule has 0 aliphatic rings. The molecule has 3 N–H and O–H groups in total. The Hall–Kier alpha value is -1.13. The quantitative estimate of drug-likeness (QED) is 0.819. The van der Waals surface area contributed by atoms with E-state index >= 15 is 0 Å². The fourth-order valence-corrected chi connectivity index (χ4v) is 1.83. The van der Waals surface area contributed by atoms with E-state index in [1.165, 1.54) is 0 Å². The number of nitrogens with zero attached hydrogens (tertiary/aromatic N) is 1. The van der Waals surface area contributed by atoms with Crippen molar-refractivity contribution >= 4 is 40.5 Å². The van der Waals surface area contributed by atoms with Gasteiger partial charge < -0.3 is 16.0 Å². The summed E-state index contributed by atoms with van der Waals surface area (Å²) in [6.07, 6.45) is 0.907. The highest BCUT2D eigenvalue weighted by Gasteiger charge is 2.12. The van der Waals surface area contributed by atoms with Crippen molar-refractivity contribution in [3.05, 3.63) is 22.2 Å². The number of nitrogen functional groups attached to an aromatic ring is 1. The fraction of sp³-hybridized carbons (Fsp3) is 0.417. The van der Waals surface area contributed by atoms with Crippen LogP contribution in [0.3, 0.4) is 0 Å². The van der Waals surface area contributed by atoms with Gasteiger partial charge >= 0.3 is 0 Å². The van der Waals surface area contributed by atoms with Gasteiger partial charge in [-0.3, -0.25) is 4.79 Å².